The molecule has 1 aromatic rings. The molecular formula is C15H25N3O2. The van der Waals surface area contributed by atoms with Crippen LogP contribution in [0.4, 0.5) is 0 Å². The molecule has 2 heterocycles. The number of carbonyl (C=O) groups is 1. The second-order valence-corrected chi connectivity index (χ2v) is 6.14. The van der Waals surface area contributed by atoms with Crippen LogP contribution in [0.1, 0.15) is 44.3 Å². The van der Waals surface area contributed by atoms with E-state index in [0.717, 1.165) is 24.6 Å². The number of furan rings is 1. The van der Waals surface area contributed by atoms with Crippen LogP contribution in [0, 0.1) is 6.92 Å². The Morgan fingerprint density at radius 1 is 1.45 bits per heavy atom. The van der Waals surface area contributed by atoms with Crippen molar-refractivity contribution in [3.05, 3.63) is 23.7 Å². The lowest BCUT2D eigenvalue weighted by atomic mass is 10.1. The fourth-order valence-electron chi connectivity index (χ4n) is 2.51. The second kappa shape index (κ2) is 5.97. The fraction of sp³-hybridized carbons (Fsp3) is 0.667. The topological polar surface area (TPSA) is 71.5 Å². The third-order valence-electron chi connectivity index (χ3n) is 3.71. The molecule has 0 aliphatic carbocycles. The number of carbonyl (C=O) groups excluding carboxylic acids is 1. The van der Waals surface area contributed by atoms with Crippen molar-refractivity contribution in [2.45, 2.75) is 45.2 Å². The Morgan fingerprint density at radius 2 is 2.10 bits per heavy atom. The van der Waals surface area contributed by atoms with Crippen LogP contribution < -0.4 is 11.1 Å². The number of rotatable bonds is 5. The van der Waals surface area contributed by atoms with E-state index in [1.807, 2.05) is 19.1 Å². The first-order chi connectivity index (χ1) is 9.38. The number of likely N-dealkylation sites (tertiary alicyclic amines) is 1. The summed E-state index contributed by atoms with van der Waals surface area (Å²) >= 11 is 0. The van der Waals surface area contributed by atoms with Gasteiger partial charge in [0.15, 0.2) is 0 Å². The van der Waals surface area contributed by atoms with Gasteiger partial charge in [-0.05, 0) is 58.8 Å². The third kappa shape index (κ3) is 3.61. The van der Waals surface area contributed by atoms with Gasteiger partial charge < -0.3 is 15.5 Å². The Hall–Kier alpha value is -1.33. The summed E-state index contributed by atoms with van der Waals surface area (Å²) in [6, 6.07) is 4.06. The van der Waals surface area contributed by atoms with Gasteiger partial charge in [0.1, 0.15) is 11.5 Å². The molecule has 5 nitrogen and oxygen atoms in total. The lowest BCUT2D eigenvalue weighted by Gasteiger charge is -2.27. The van der Waals surface area contributed by atoms with Gasteiger partial charge in [0.05, 0.1) is 11.6 Å². The Kier molecular flexibility index (Phi) is 4.50. The predicted octanol–water partition coefficient (Wildman–Crippen LogP) is 1.58. The average molecular weight is 279 g/mol. The number of nitrogens with one attached hydrogen (secondary N) is 1. The van der Waals surface area contributed by atoms with Crippen molar-refractivity contribution >= 4 is 5.91 Å². The summed E-state index contributed by atoms with van der Waals surface area (Å²) in [7, 11) is 0. The lowest BCUT2D eigenvalue weighted by Crippen LogP contribution is -2.50. The molecule has 2 rings (SSSR count). The highest BCUT2D eigenvalue weighted by atomic mass is 16.3. The number of nitrogens with zero attached hydrogens (tertiary/aromatic N) is 1. The van der Waals surface area contributed by atoms with E-state index in [1.54, 1.807) is 13.8 Å². The largest absolute Gasteiger partial charge is 0.465 e. The van der Waals surface area contributed by atoms with Crippen LogP contribution in [0.2, 0.25) is 0 Å². The number of hydrogen-bond acceptors (Lipinski definition) is 4. The van der Waals surface area contributed by atoms with E-state index in [9.17, 15) is 4.79 Å². The van der Waals surface area contributed by atoms with Gasteiger partial charge in [-0.3, -0.25) is 9.69 Å². The molecule has 0 saturated carbocycles. The van der Waals surface area contributed by atoms with Gasteiger partial charge >= 0.3 is 0 Å². The third-order valence-corrected chi connectivity index (χ3v) is 3.71. The maximum absolute atomic E-state index is 11.9. The van der Waals surface area contributed by atoms with Crippen molar-refractivity contribution < 1.29 is 9.21 Å². The monoisotopic (exact) mass is 279 g/mol. The zero-order valence-electron chi connectivity index (χ0n) is 12.6. The summed E-state index contributed by atoms with van der Waals surface area (Å²) in [5, 5.41) is 2.94. The highest BCUT2D eigenvalue weighted by Gasteiger charge is 2.28. The van der Waals surface area contributed by atoms with Crippen LogP contribution in [0.5, 0.6) is 0 Å². The molecule has 1 unspecified atom stereocenters. The maximum atomic E-state index is 11.9. The molecule has 0 aromatic carbocycles. The molecule has 1 aliphatic rings. The van der Waals surface area contributed by atoms with Gasteiger partial charge in [-0.2, -0.15) is 0 Å². The van der Waals surface area contributed by atoms with Gasteiger partial charge in [0.2, 0.25) is 5.91 Å². The Bertz CT molecular complexity index is 456. The molecule has 0 spiro atoms. The van der Waals surface area contributed by atoms with Gasteiger partial charge in [-0.15, -0.1) is 0 Å². The molecule has 0 radical (unpaired) electrons. The maximum Gasteiger partial charge on any atom is 0.239 e. The molecule has 1 saturated heterocycles. The Balaban J connectivity index is 2.05. The second-order valence-electron chi connectivity index (χ2n) is 6.14. The van der Waals surface area contributed by atoms with Gasteiger partial charge in [0, 0.05) is 6.54 Å². The predicted molar refractivity (Wildman–Crippen MR) is 78.3 cm³/mol. The number of hydrogen-bond donors (Lipinski definition) is 2. The molecule has 1 atom stereocenters. The SMILES string of the molecule is Cc1ccc(C(CNC(=O)C(C)(C)N)N2CCCC2)o1. The molecule has 1 aromatic heterocycles. The lowest BCUT2D eigenvalue weighted by molar-refractivity contribution is -0.125. The Labute approximate surface area is 120 Å². The summed E-state index contributed by atoms with van der Waals surface area (Å²) in [5.74, 6) is 1.68. The summed E-state index contributed by atoms with van der Waals surface area (Å²) in [4.78, 5) is 14.3. The highest BCUT2D eigenvalue weighted by Crippen LogP contribution is 2.26. The van der Waals surface area contributed by atoms with Crippen molar-refractivity contribution in [2.75, 3.05) is 19.6 Å². The summed E-state index contributed by atoms with van der Waals surface area (Å²) in [5.41, 5.74) is 4.96. The van der Waals surface area contributed by atoms with Crippen molar-refractivity contribution in [3.8, 4) is 0 Å². The highest BCUT2D eigenvalue weighted by molar-refractivity contribution is 5.85. The van der Waals surface area contributed by atoms with E-state index in [1.165, 1.54) is 12.8 Å². The zero-order chi connectivity index (χ0) is 14.8. The molecule has 1 amide bonds. The quantitative estimate of drug-likeness (QED) is 0.858. The van der Waals surface area contributed by atoms with Crippen molar-refractivity contribution in [1.82, 2.24) is 10.2 Å². The van der Waals surface area contributed by atoms with Gasteiger partial charge in [0.25, 0.3) is 0 Å². The first kappa shape index (κ1) is 15.1. The van der Waals surface area contributed by atoms with Crippen LogP contribution in [0.3, 0.4) is 0 Å². The van der Waals surface area contributed by atoms with E-state index in [0.29, 0.717) is 6.54 Å². The Morgan fingerprint density at radius 3 is 2.60 bits per heavy atom. The molecule has 1 fully saturated rings. The molecule has 5 heteroatoms. The number of amides is 1. The van der Waals surface area contributed by atoms with Gasteiger partial charge in [-0.25, -0.2) is 0 Å². The first-order valence-electron chi connectivity index (χ1n) is 7.25. The minimum Gasteiger partial charge on any atom is -0.465 e. The van der Waals surface area contributed by atoms with Crippen LogP contribution >= 0.6 is 0 Å². The van der Waals surface area contributed by atoms with E-state index >= 15 is 0 Å². The molecule has 112 valence electrons. The van der Waals surface area contributed by atoms with Crippen LogP contribution in [-0.4, -0.2) is 36.0 Å². The molecule has 0 bridgehead atoms. The van der Waals surface area contributed by atoms with Gasteiger partial charge in [-0.1, -0.05) is 0 Å². The standard InChI is InChI=1S/C15H25N3O2/c1-11-6-7-13(20-11)12(18-8-4-5-9-18)10-17-14(19)15(2,3)16/h6-7,12H,4-5,8-10,16H2,1-3H3,(H,17,19). The molecule has 1 aliphatic heterocycles. The number of nitrogens with two attached hydrogens (primary N) is 1. The summed E-state index contributed by atoms with van der Waals surface area (Å²) < 4.78 is 5.75. The van der Waals surface area contributed by atoms with E-state index in [4.69, 9.17) is 10.2 Å². The molecular weight excluding hydrogens is 254 g/mol. The van der Waals surface area contributed by atoms with Crippen molar-refractivity contribution in [2.24, 2.45) is 5.73 Å². The van der Waals surface area contributed by atoms with E-state index in [2.05, 4.69) is 10.2 Å². The normalized spacial score (nSPS) is 18.2. The minimum atomic E-state index is -0.853. The first-order valence-corrected chi connectivity index (χ1v) is 7.25. The van der Waals surface area contributed by atoms with Crippen LogP contribution in [-0.2, 0) is 4.79 Å². The minimum absolute atomic E-state index is 0.0949. The zero-order valence-corrected chi connectivity index (χ0v) is 12.6. The molecule has 3 N–H and O–H groups in total. The van der Waals surface area contributed by atoms with E-state index in [-0.39, 0.29) is 11.9 Å². The van der Waals surface area contributed by atoms with Crippen LogP contribution in [0.15, 0.2) is 16.5 Å². The summed E-state index contributed by atoms with van der Waals surface area (Å²) in [6.45, 7) is 7.99. The van der Waals surface area contributed by atoms with E-state index < -0.39 is 5.54 Å². The smallest absolute Gasteiger partial charge is 0.239 e. The number of aryl methyl sites for hydroxylation is 1. The van der Waals surface area contributed by atoms with Crippen LogP contribution in [0.25, 0.3) is 0 Å². The molecule has 20 heavy (non-hydrogen) atoms. The van der Waals surface area contributed by atoms with Crippen molar-refractivity contribution in [3.63, 3.8) is 0 Å². The average Bonchev–Trinajstić information content (AvgIpc) is 3.00. The fourth-order valence-corrected chi connectivity index (χ4v) is 2.51. The summed E-state index contributed by atoms with van der Waals surface area (Å²) in [6.07, 6.45) is 2.40. The van der Waals surface area contributed by atoms with Crippen molar-refractivity contribution in [1.29, 1.82) is 0 Å².